The zero-order chi connectivity index (χ0) is 17.1. The van der Waals surface area contributed by atoms with Gasteiger partial charge in [0.05, 0.1) is 20.1 Å². The number of hydrogen-bond donors (Lipinski definition) is 0. The molecule has 0 aliphatic heterocycles. The summed E-state index contributed by atoms with van der Waals surface area (Å²) in [6, 6.07) is 4.10. The van der Waals surface area contributed by atoms with Gasteiger partial charge < -0.3 is 18.6 Å². The second-order valence-electron chi connectivity index (χ2n) is 5.03. The molecule has 0 bridgehead atoms. The van der Waals surface area contributed by atoms with Gasteiger partial charge in [0.1, 0.15) is 5.56 Å². The molecular weight excluding hydrogens is 304 g/mol. The zero-order valence-corrected chi connectivity index (χ0v) is 13.2. The molecule has 2 aromatic rings. The Morgan fingerprint density at radius 2 is 1.83 bits per heavy atom. The monoisotopic (exact) mass is 320 g/mol. The van der Waals surface area contributed by atoms with Gasteiger partial charge in [0.15, 0.2) is 11.3 Å². The molecule has 0 radical (unpaired) electrons. The van der Waals surface area contributed by atoms with Crippen molar-refractivity contribution in [1.82, 2.24) is 0 Å². The summed E-state index contributed by atoms with van der Waals surface area (Å²) in [5.41, 5.74) is -0.512. The highest BCUT2D eigenvalue weighted by Crippen LogP contribution is 2.39. The third kappa shape index (κ3) is 3.18. The fourth-order valence-corrected chi connectivity index (χ4v) is 1.93. The smallest absolute Gasteiger partial charge is 0.341 e. The van der Waals surface area contributed by atoms with Crippen LogP contribution in [-0.2, 0) is 9.53 Å². The summed E-state index contributed by atoms with van der Waals surface area (Å²) < 4.78 is 20.3. The first kappa shape index (κ1) is 16.5. The SMILES string of the molecule is COC(=O)c1cc2ccc(=O)oc2c(OC)c1OC(=O)C(C)C. The molecule has 23 heavy (non-hydrogen) atoms. The fourth-order valence-electron chi connectivity index (χ4n) is 1.93. The summed E-state index contributed by atoms with van der Waals surface area (Å²) in [6.45, 7) is 3.29. The molecule has 1 aromatic heterocycles. The first-order valence-electron chi connectivity index (χ1n) is 6.84. The van der Waals surface area contributed by atoms with Gasteiger partial charge in [-0.2, -0.15) is 0 Å². The van der Waals surface area contributed by atoms with Crippen molar-refractivity contribution in [3.8, 4) is 11.5 Å². The number of esters is 2. The fraction of sp³-hybridized carbons (Fsp3) is 0.312. The summed E-state index contributed by atoms with van der Waals surface area (Å²) in [7, 11) is 2.52. The minimum atomic E-state index is -0.706. The third-order valence-electron chi connectivity index (χ3n) is 3.10. The van der Waals surface area contributed by atoms with E-state index in [1.807, 2.05) is 0 Å². The average Bonchev–Trinajstić information content (AvgIpc) is 2.53. The molecule has 0 aliphatic carbocycles. The molecule has 0 fully saturated rings. The molecule has 122 valence electrons. The predicted molar refractivity (Wildman–Crippen MR) is 80.8 cm³/mol. The lowest BCUT2D eigenvalue weighted by molar-refractivity contribution is -0.137. The molecule has 7 heteroatoms. The lowest BCUT2D eigenvalue weighted by Gasteiger charge is -2.15. The van der Waals surface area contributed by atoms with Gasteiger partial charge in [-0.05, 0) is 12.1 Å². The van der Waals surface area contributed by atoms with Crippen molar-refractivity contribution in [1.29, 1.82) is 0 Å². The van der Waals surface area contributed by atoms with Crippen LogP contribution in [-0.4, -0.2) is 26.2 Å². The number of methoxy groups -OCH3 is 2. The van der Waals surface area contributed by atoms with Gasteiger partial charge in [-0.1, -0.05) is 13.8 Å². The Bertz CT molecular complexity index is 817. The van der Waals surface area contributed by atoms with Gasteiger partial charge in [-0.3, -0.25) is 4.79 Å². The first-order valence-corrected chi connectivity index (χ1v) is 6.84. The van der Waals surface area contributed by atoms with E-state index >= 15 is 0 Å². The van der Waals surface area contributed by atoms with E-state index in [4.69, 9.17) is 18.6 Å². The van der Waals surface area contributed by atoms with Crippen LogP contribution in [0.5, 0.6) is 11.5 Å². The molecule has 0 atom stereocenters. The van der Waals surface area contributed by atoms with Crippen LogP contribution in [0.25, 0.3) is 11.0 Å². The van der Waals surface area contributed by atoms with Crippen molar-refractivity contribution in [2.24, 2.45) is 5.92 Å². The molecule has 0 aliphatic rings. The summed E-state index contributed by atoms with van der Waals surface area (Å²) >= 11 is 0. The summed E-state index contributed by atoms with van der Waals surface area (Å²) in [6.07, 6.45) is 0. The molecule has 2 rings (SSSR count). The van der Waals surface area contributed by atoms with Gasteiger partial charge in [-0.25, -0.2) is 9.59 Å². The van der Waals surface area contributed by atoms with E-state index in [1.54, 1.807) is 13.8 Å². The van der Waals surface area contributed by atoms with Crippen LogP contribution in [0.1, 0.15) is 24.2 Å². The Kier molecular flexibility index (Phi) is 4.68. The Labute approximate surface area is 131 Å². The number of fused-ring (bicyclic) bond motifs is 1. The van der Waals surface area contributed by atoms with E-state index in [0.717, 1.165) is 0 Å². The molecule has 0 spiro atoms. The van der Waals surface area contributed by atoms with Gasteiger partial charge in [0, 0.05) is 11.5 Å². The van der Waals surface area contributed by atoms with Crippen LogP contribution in [0.3, 0.4) is 0 Å². The molecular formula is C16H16O7. The highest BCUT2D eigenvalue weighted by molar-refractivity contribution is 6.01. The van der Waals surface area contributed by atoms with Crippen LogP contribution in [0.15, 0.2) is 27.4 Å². The Morgan fingerprint density at radius 3 is 2.39 bits per heavy atom. The summed E-state index contributed by atoms with van der Waals surface area (Å²) in [5.74, 6) is -1.85. The molecule has 0 amide bonds. The van der Waals surface area contributed by atoms with E-state index in [0.29, 0.717) is 5.39 Å². The Morgan fingerprint density at radius 1 is 1.13 bits per heavy atom. The number of ether oxygens (including phenoxy) is 3. The van der Waals surface area contributed by atoms with Crippen LogP contribution >= 0.6 is 0 Å². The van der Waals surface area contributed by atoms with E-state index in [9.17, 15) is 14.4 Å². The standard InChI is InChI=1S/C16H16O7/c1-8(2)15(18)23-13-10(16(19)21-4)7-9-5-6-11(17)22-12(9)14(13)20-3/h5-8H,1-4H3. The topological polar surface area (TPSA) is 92.0 Å². The van der Waals surface area contributed by atoms with Crippen LogP contribution in [0.2, 0.25) is 0 Å². The van der Waals surface area contributed by atoms with Crippen molar-refractivity contribution in [3.63, 3.8) is 0 Å². The maximum Gasteiger partial charge on any atom is 0.341 e. The number of carbonyl (C=O) groups excluding carboxylic acids is 2. The summed E-state index contributed by atoms with van der Waals surface area (Å²) in [5, 5.41) is 0.436. The Balaban J connectivity index is 2.79. The lowest BCUT2D eigenvalue weighted by Crippen LogP contribution is -2.18. The van der Waals surface area contributed by atoms with Crippen molar-refractivity contribution >= 4 is 22.9 Å². The normalized spacial score (nSPS) is 10.7. The van der Waals surface area contributed by atoms with Crippen molar-refractivity contribution < 1.29 is 28.2 Å². The highest BCUT2D eigenvalue weighted by atomic mass is 16.6. The molecule has 0 saturated carbocycles. The van der Waals surface area contributed by atoms with Crippen LogP contribution < -0.4 is 15.1 Å². The largest absolute Gasteiger partial charge is 0.490 e. The second kappa shape index (κ2) is 6.51. The maximum absolute atomic E-state index is 12.0. The quantitative estimate of drug-likeness (QED) is 0.484. The first-order chi connectivity index (χ1) is 10.9. The van der Waals surface area contributed by atoms with Crippen molar-refractivity contribution in [2.45, 2.75) is 13.8 Å². The van der Waals surface area contributed by atoms with Crippen molar-refractivity contribution in [3.05, 3.63) is 34.2 Å². The lowest BCUT2D eigenvalue weighted by atomic mass is 10.1. The van der Waals surface area contributed by atoms with Gasteiger partial charge in [-0.15, -0.1) is 0 Å². The number of carbonyl (C=O) groups is 2. The van der Waals surface area contributed by atoms with Gasteiger partial charge >= 0.3 is 17.6 Å². The molecule has 0 saturated heterocycles. The van der Waals surface area contributed by atoms with Crippen molar-refractivity contribution in [2.75, 3.05) is 14.2 Å². The van der Waals surface area contributed by atoms with E-state index < -0.39 is 23.5 Å². The highest BCUT2D eigenvalue weighted by Gasteiger charge is 2.26. The summed E-state index contributed by atoms with van der Waals surface area (Å²) in [4.78, 5) is 35.4. The number of hydrogen-bond acceptors (Lipinski definition) is 7. The third-order valence-corrected chi connectivity index (χ3v) is 3.10. The van der Waals surface area contributed by atoms with E-state index in [2.05, 4.69) is 0 Å². The van der Waals surface area contributed by atoms with Crippen LogP contribution in [0.4, 0.5) is 0 Å². The van der Waals surface area contributed by atoms with Gasteiger partial charge in [0.2, 0.25) is 5.75 Å². The number of benzene rings is 1. The predicted octanol–water partition coefficient (Wildman–Crippen LogP) is 2.15. The second-order valence-corrected chi connectivity index (χ2v) is 5.03. The molecule has 0 N–H and O–H groups in total. The Hall–Kier alpha value is -2.83. The van der Waals surface area contributed by atoms with Gasteiger partial charge in [0.25, 0.3) is 0 Å². The number of rotatable bonds is 4. The molecule has 1 heterocycles. The molecule has 1 aromatic carbocycles. The van der Waals surface area contributed by atoms with Crippen LogP contribution in [0, 0.1) is 5.92 Å². The minimum Gasteiger partial charge on any atom is -0.490 e. The van der Waals surface area contributed by atoms with E-state index in [1.165, 1.54) is 32.4 Å². The zero-order valence-electron chi connectivity index (χ0n) is 13.2. The average molecular weight is 320 g/mol. The molecule has 7 nitrogen and oxygen atoms in total. The maximum atomic E-state index is 12.0. The molecule has 0 unspecified atom stereocenters. The minimum absolute atomic E-state index is 0.000279. The van der Waals surface area contributed by atoms with E-state index in [-0.39, 0.29) is 22.6 Å².